The minimum Gasteiger partial charge on any atom is -0.226 e. The fraction of sp³-hybridized carbons (Fsp3) is 0.0909. The number of halogens is 5. The number of benzene rings is 1. The van der Waals surface area contributed by atoms with Crippen LogP contribution in [0.4, 0.5) is 13.2 Å². The largest absolute Gasteiger partial charge is 0.417 e. The van der Waals surface area contributed by atoms with Crippen LogP contribution in [0.1, 0.15) is 5.56 Å². The highest BCUT2D eigenvalue weighted by Crippen LogP contribution is 2.37. The van der Waals surface area contributed by atoms with E-state index in [4.69, 9.17) is 23.2 Å². The molecule has 0 aliphatic rings. The van der Waals surface area contributed by atoms with Gasteiger partial charge < -0.3 is 0 Å². The van der Waals surface area contributed by atoms with Crippen molar-refractivity contribution in [1.29, 1.82) is 0 Å². The molecule has 0 amide bonds. The Labute approximate surface area is 110 Å². The third-order valence-corrected chi connectivity index (χ3v) is 2.61. The summed E-state index contributed by atoms with van der Waals surface area (Å²) in [5.74, 6) is 0. The lowest BCUT2D eigenvalue weighted by atomic mass is 10.0. The first kappa shape index (κ1) is 13.1. The molecule has 94 valence electrons. The van der Waals surface area contributed by atoms with Gasteiger partial charge in [-0.3, -0.25) is 0 Å². The predicted molar refractivity (Wildman–Crippen MR) is 62.5 cm³/mol. The van der Waals surface area contributed by atoms with Crippen molar-refractivity contribution < 1.29 is 13.2 Å². The van der Waals surface area contributed by atoms with Crippen molar-refractivity contribution >= 4 is 23.2 Å². The fourth-order valence-electron chi connectivity index (χ4n) is 1.46. The molecule has 0 atom stereocenters. The minimum atomic E-state index is -4.52. The number of nitrogens with zero attached hydrogens (tertiary/aromatic N) is 2. The van der Waals surface area contributed by atoms with Crippen LogP contribution in [0.2, 0.25) is 10.3 Å². The van der Waals surface area contributed by atoms with Crippen LogP contribution >= 0.6 is 23.2 Å². The van der Waals surface area contributed by atoms with Crippen molar-refractivity contribution in [3.05, 3.63) is 46.3 Å². The standard InChI is InChI=1S/C11H5Cl2F3N2/c12-6-1-2-7(8(5-6)11(14,15)16)9-3-4-17-10(13)18-9/h1-5H. The number of hydrogen-bond donors (Lipinski definition) is 0. The van der Waals surface area contributed by atoms with Crippen molar-refractivity contribution in [2.45, 2.75) is 6.18 Å². The molecule has 2 nitrogen and oxygen atoms in total. The summed E-state index contributed by atoms with van der Waals surface area (Å²) >= 11 is 11.1. The third kappa shape index (κ3) is 2.73. The summed E-state index contributed by atoms with van der Waals surface area (Å²) in [7, 11) is 0. The van der Waals surface area contributed by atoms with Crippen LogP contribution in [0.5, 0.6) is 0 Å². The molecule has 0 bridgehead atoms. The molecule has 0 aliphatic carbocycles. The zero-order valence-corrected chi connectivity index (χ0v) is 10.2. The van der Waals surface area contributed by atoms with E-state index in [1.165, 1.54) is 24.4 Å². The molecule has 2 aromatic rings. The Bertz CT molecular complexity index is 585. The fourth-order valence-corrected chi connectivity index (χ4v) is 1.78. The lowest BCUT2D eigenvalue weighted by Crippen LogP contribution is -2.07. The number of alkyl halides is 3. The van der Waals surface area contributed by atoms with Gasteiger partial charge in [0, 0.05) is 16.8 Å². The van der Waals surface area contributed by atoms with Gasteiger partial charge in [-0.2, -0.15) is 13.2 Å². The summed E-state index contributed by atoms with van der Waals surface area (Å²) in [5.41, 5.74) is -0.847. The Balaban J connectivity index is 2.64. The summed E-state index contributed by atoms with van der Waals surface area (Å²) in [4.78, 5) is 7.38. The summed E-state index contributed by atoms with van der Waals surface area (Å²) in [6.07, 6.45) is -3.23. The Kier molecular flexibility index (Phi) is 3.45. The van der Waals surface area contributed by atoms with Gasteiger partial charge in [0.15, 0.2) is 0 Å². The molecular weight excluding hydrogens is 288 g/mol. The maximum Gasteiger partial charge on any atom is 0.417 e. The second-order valence-corrected chi connectivity index (χ2v) is 4.17. The summed E-state index contributed by atoms with van der Waals surface area (Å²) in [5, 5.41) is -0.109. The Hall–Kier alpha value is -1.33. The molecule has 1 aromatic heterocycles. The average Bonchev–Trinajstić information content (AvgIpc) is 2.27. The van der Waals surface area contributed by atoms with Gasteiger partial charge in [0.2, 0.25) is 5.28 Å². The molecule has 0 fully saturated rings. The van der Waals surface area contributed by atoms with Crippen molar-refractivity contribution in [1.82, 2.24) is 9.97 Å². The first-order chi connectivity index (χ1) is 8.38. The molecule has 1 heterocycles. The molecule has 0 radical (unpaired) electrons. The maximum atomic E-state index is 12.9. The average molecular weight is 293 g/mol. The second-order valence-electron chi connectivity index (χ2n) is 3.40. The van der Waals surface area contributed by atoms with Crippen LogP contribution in [-0.2, 0) is 6.18 Å². The summed E-state index contributed by atoms with van der Waals surface area (Å²) < 4.78 is 38.6. The monoisotopic (exact) mass is 292 g/mol. The molecule has 1 aromatic carbocycles. The highest BCUT2D eigenvalue weighted by Gasteiger charge is 2.34. The Morgan fingerprint density at radius 1 is 1.06 bits per heavy atom. The topological polar surface area (TPSA) is 25.8 Å². The number of hydrogen-bond acceptors (Lipinski definition) is 2. The van der Waals surface area contributed by atoms with Gasteiger partial charge in [-0.05, 0) is 29.8 Å². The lowest BCUT2D eigenvalue weighted by Gasteiger charge is -2.12. The second kappa shape index (κ2) is 4.74. The van der Waals surface area contributed by atoms with Gasteiger partial charge in [0.05, 0.1) is 11.3 Å². The smallest absolute Gasteiger partial charge is 0.226 e. The molecule has 0 saturated carbocycles. The van der Waals surface area contributed by atoms with Crippen LogP contribution in [0.3, 0.4) is 0 Å². The molecule has 0 unspecified atom stereocenters. The van der Waals surface area contributed by atoms with Gasteiger partial charge in [0.25, 0.3) is 0 Å². The van der Waals surface area contributed by atoms with Crippen LogP contribution in [0, 0.1) is 0 Å². The molecule has 0 spiro atoms. The molecule has 0 aliphatic heterocycles. The molecule has 0 N–H and O–H groups in total. The number of aromatic nitrogens is 2. The van der Waals surface area contributed by atoms with E-state index in [0.29, 0.717) is 0 Å². The van der Waals surface area contributed by atoms with E-state index in [1.54, 1.807) is 0 Å². The van der Waals surface area contributed by atoms with Crippen molar-refractivity contribution in [3.63, 3.8) is 0 Å². The zero-order chi connectivity index (χ0) is 13.3. The van der Waals surface area contributed by atoms with Crippen LogP contribution in [0.25, 0.3) is 11.3 Å². The van der Waals surface area contributed by atoms with E-state index < -0.39 is 11.7 Å². The first-order valence-corrected chi connectivity index (χ1v) is 5.49. The van der Waals surface area contributed by atoms with Gasteiger partial charge in [-0.1, -0.05) is 17.7 Å². The minimum absolute atomic E-state index is 0.00577. The third-order valence-electron chi connectivity index (χ3n) is 2.19. The van der Waals surface area contributed by atoms with E-state index in [-0.39, 0.29) is 21.6 Å². The van der Waals surface area contributed by atoms with Crippen LogP contribution in [0.15, 0.2) is 30.5 Å². The summed E-state index contributed by atoms with van der Waals surface area (Å²) in [6, 6.07) is 4.82. The lowest BCUT2D eigenvalue weighted by molar-refractivity contribution is -0.137. The molecule has 18 heavy (non-hydrogen) atoms. The van der Waals surface area contributed by atoms with E-state index in [2.05, 4.69) is 9.97 Å². The molecular formula is C11H5Cl2F3N2. The SMILES string of the molecule is FC(F)(F)c1cc(Cl)ccc1-c1ccnc(Cl)n1. The number of rotatable bonds is 1. The highest BCUT2D eigenvalue weighted by molar-refractivity contribution is 6.30. The maximum absolute atomic E-state index is 12.9. The molecule has 7 heteroatoms. The predicted octanol–water partition coefficient (Wildman–Crippen LogP) is 4.47. The van der Waals surface area contributed by atoms with Gasteiger partial charge >= 0.3 is 6.18 Å². The van der Waals surface area contributed by atoms with Crippen LogP contribution < -0.4 is 0 Å². The van der Waals surface area contributed by atoms with E-state index >= 15 is 0 Å². The zero-order valence-electron chi connectivity index (χ0n) is 8.67. The van der Waals surface area contributed by atoms with E-state index in [0.717, 1.165) is 6.07 Å². The van der Waals surface area contributed by atoms with E-state index in [9.17, 15) is 13.2 Å². The quantitative estimate of drug-likeness (QED) is 0.725. The normalized spacial score (nSPS) is 11.6. The highest BCUT2D eigenvalue weighted by atomic mass is 35.5. The summed E-state index contributed by atoms with van der Waals surface area (Å²) in [6.45, 7) is 0. The Morgan fingerprint density at radius 2 is 1.78 bits per heavy atom. The van der Waals surface area contributed by atoms with Gasteiger partial charge in [-0.25, -0.2) is 9.97 Å². The van der Waals surface area contributed by atoms with Crippen molar-refractivity contribution in [2.75, 3.05) is 0 Å². The van der Waals surface area contributed by atoms with Gasteiger partial charge in [-0.15, -0.1) is 0 Å². The van der Waals surface area contributed by atoms with Crippen molar-refractivity contribution in [3.8, 4) is 11.3 Å². The van der Waals surface area contributed by atoms with Gasteiger partial charge in [0.1, 0.15) is 0 Å². The molecule has 2 rings (SSSR count). The Morgan fingerprint density at radius 3 is 2.39 bits per heavy atom. The first-order valence-electron chi connectivity index (χ1n) is 4.73. The molecule has 0 saturated heterocycles. The van der Waals surface area contributed by atoms with E-state index in [1.807, 2.05) is 0 Å². The van der Waals surface area contributed by atoms with Crippen LogP contribution in [-0.4, -0.2) is 9.97 Å². The van der Waals surface area contributed by atoms with Crippen molar-refractivity contribution in [2.24, 2.45) is 0 Å².